The molecule has 0 saturated heterocycles. The number of aromatic nitrogens is 4. The molecule has 23 heavy (non-hydrogen) atoms. The lowest BCUT2D eigenvalue weighted by Gasteiger charge is -2.00. The Balaban J connectivity index is 1.75. The number of nitrogens with zero attached hydrogens (tertiary/aromatic N) is 4. The molecule has 0 aliphatic heterocycles. The lowest BCUT2D eigenvalue weighted by molar-refractivity contribution is -0.118. The average Bonchev–Trinajstić information content (AvgIpc) is 2.95. The molecule has 118 valence electrons. The summed E-state index contributed by atoms with van der Waals surface area (Å²) in [6, 6.07) is 7.03. The first-order chi connectivity index (χ1) is 11.1. The summed E-state index contributed by atoms with van der Waals surface area (Å²) < 4.78 is 1.50. The molecule has 0 radical (unpaired) electrons. The van der Waals surface area contributed by atoms with Gasteiger partial charge in [0.15, 0.2) is 5.78 Å². The number of Topliss-reactive ketones (excluding diaryl/α,β-unsaturated/α-hetero) is 1. The minimum Gasteiger partial charge on any atom is -0.344 e. The number of rotatable bonds is 5. The quantitative estimate of drug-likeness (QED) is 0.493. The van der Waals surface area contributed by atoms with Crippen molar-refractivity contribution in [1.29, 1.82) is 0 Å². The Morgan fingerprint density at radius 1 is 1.30 bits per heavy atom. The third-order valence-corrected chi connectivity index (χ3v) is 3.82. The monoisotopic (exact) mass is 329 g/mol. The van der Waals surface area contributed by atoms with Crippen molar-refractivity contribution >= 4 is 23.5 Å². The SMILES string of the molecule is CC(=O)c1ccc(C#CCNC(=O)CSc2nnnn2C)cc1. The smallest absolute Gasteiger partial charge is 0.231 e. The van der Waals surface area contributed by atoms with E-state index in [0.29, 0.717) is 10.7 Å². The van der Waals surface area contributed by atoms with Crippen LogP contribution in [0.5, 0.6) is 0 Å². The molecule has 1 amide bonds. The number of ketones is 1. The first kappa shape index (κ1) is 16.7. The van der Waals surface area contributed by atoms with Crippen molar-refractivity contribution in [2.24, 2.45) is 7.05 Å². The highest BCUT2D eigenvalue weighted by Crippen LogP contribution is 2.11. The predicted octanol–water partition coefficient (Wildman–Crippen LogP) is 0.673. The van der Waals surface area contributed by atoms with E-state index in [1.165, 1.54) is 23.4 Å². The van der Waals surface area contributed by atoms with Crippen molar-refractivity contribution in [3.05, 3.63) is 35.4 Å². The van der Waals surface area contributed by atoms with Gasteiger partial charge in [0.05, 0.1) is 12.3 Å². The van der Waals surface area contributed by atoms with E-state index in [-0.39, 0.29) is 24.0 Å². The summed E-state index contributed by atoms with van der Waals surface area (Å²) in [6.45, 7) is 1.77. The molecule has 0 bridgehead atoms. The lowest BCUT2D eigenvalue weighted by atomic mass is 10.1. The number of amides is 1. The molecule has 0 aliphatic rings. The number of hydrogen-bond donors (Lipinski definition) is 1. The highest BCUT2D eigenvalue weighted by molar-refractivity contribution is 7.99. The maximum atomic E-state index is 11.7. The summed E-state index contributed by atoms with van der Waals surface area (Å²) in [5, 5.41) is 14.2. The van der Waals surface area contributed by atoms with Crippen LogP contribution in [0.3, 0.4) is 0 Å². The van der Waals surface area contributed by atoms with Gasteiger partial charge in [0.25, 0.3) is 0 Å². The molecule has 0 unspecified atom stereocenters. The molecular formula is C15H15N5O2S. The van der Waals surface area contributed by atoms with Gasteiger partial charge in [0.1, 0.15) is 0 Å². The van der Waals surface area contributed by atoms with Gasteiger partial charge in [-0.1, -0.05) is 35.7 Å². The molecule has 0 spiro atoms. The fourth-order valence-electron chi connectivity index (χ4n) is 1.60. The highest BCUT2D eigenvalue weighted by atomic mass is 32.2. The van der Waals surface area contributed by atoms with E-state index in [4.69, 9.17) is 0 Å². The molecule has 0 aliphatic carbocycles. The van der Waals surface area contributed by atoms with Crippen LogP contribution in [0.25, 0.3) is 0 Å². The van der Waals surface area contributed by atoms with Crippen molar-refractivity contribution < 1.29 is 9.59 Å². The molecule has 1 heterocycles. The lowest BCUT2D eigenvalue weighted by Crippen LogP contribution is -2.25. The second-order valence-corrected chi connectivity index (χ2v) is 5.53. The van der Waals surface area contributed by atoms with Crippen LogP contribution >= 0.6 is 11.8 Å². The van der Waals surface area contributed by atoms with Gasteiger partial charge in [-0.05, 0) is 29.5 Å². The third kappa shape index (κ3) is 5.23. The number of nitrogens with one attached hydrogen (secondary N) is 1. The zero-order valence-corrected chi connectivity index (χ0v) is 13.6. The minimum atomic E-state index is -0.140. The van der Waals surface area contributed by atoms with Crippen LogP contribution in [0.1, 0.15) is 22.8 Å². The Morgan fingerprint density at radius 2 is 2.04 bits per heavy atom. The number of hydrogen-bond acceptors (Lipinski definition) is 6. The first-order valence-corrected chi connectivity index (χ1v) is 7.76. The fourth-order valence-corrected chi connectivity index (χ4v) is 2.28. The van der Waals surface area contributed by atoms with Crippen LogP contribution in [0.4, 0.5) is 0 Å². The normalized spacial score (nSPS) is 9.83. The van der Waals surface area contributed by atoms with Gasteiger partial charge in [-0.25, -0.2) is 4.68 Å². The number of carbonyl (C=O) groups is 2. The summed E-state index contributed by atoms with van der Waals surface area (Å²) in [5.41, 5.74) is 1.45. The van der Waals surface area contributed by atoms with E-state index in [2.05, 4.69) is 32.7 Å². The highest BCUT2D eigenvalue weighted by Gasteiger charge is 2.06. The maximum absolute atomic E-state index is 11.7. The molecule has 8 heteroatoms. The molecule has 7 nitrogen and oxygen atoms in total. The summed E-state index contributed by atoms with van der Waals surface area (Å²) in [6.07, 6.45) is 0. The van der Waals surface area contributed by atoms with Crippen molar-refractivity contribution in [2.45, 2.75) is 12.1 Å². The van der Waals surface area contributed by atoms with E-state index in [1.54, 1.807) is 31.3 Å². The second kappa shape index (κ2) is 8.10. The maximum Gasteiger partial charge on any atom is 0.231 e. The Morgan fingerprint density at radius 3 is 2.65 bits per heavy atom. The van der Waals surface area contributed by atoms with Crippen molar-refractivity contribution in [2.75, 3.05) is 12.3 Å². The number of carbonyl (C=O) groups excluding carboxylic acids is 2. The van der Waals surface area contributed by atoms with Crippen molar-refractivity contribution in [3.8, 4) is 11.8 Å². The summed E-state index contributed by atoms with van der Waals surface area (Å²) in [4.78, 5) is 22.8. The molecule has 1 aromatic heterocycles. The van der Waals surface area contributed by atoms with E-state index in [0.717, 1.165) is 5.56 Å². The number of benzene rings is 1. The van der Waals surface area contributed by atoms with Crippen molar-refractivity contribution in [3.63, 3.8) is 0 Å². The van der Waals surface area contributed by atoms with E-state index in [1.807, 2.05) is 0 Å². The van der Waals surface area contributed by atoms with Gasteiger partial charge in [0.2, 0.25) is 11.1 Å². The fraction of sp³-hybridized carbons (Fsp3) is 0.267. The summed E-state index contributed by atoms with van der Waals surface area (Å²) >= 11 is 1.26. The molecule has 0 saturated carbocycles. The predicted molar refractivity (Wildman–Crippen MR) is 85.9 cm³/mol. The number of tetrazole rings is 1. The van der Waals surface area contributed by atoms with E-state index >= 15 is 0 Å². The topological polar surface area (TPSA) is 89.8 Å². The molecule has 1 N–H and O–H groups in total. The minimum absolute atomic E-state index is 0.0207. The zero-order chi connectivity index (χ0) is 16.7. The largest absolute Gasteiger partial charge is 0.344 e. The van der Waals surface area contributed by atoms with Gasteiger partial charge in [-0.3, -0.25) is 9.59 Å². The molecule has 2 rings (SSSR count). The molecule has 0 atom stereocenters. The molecular weight excluding hydrogens is 314 g/mol. The van der Waals surface area contributed by atoms with E-state index in [9.17, 15) is 9.59 Å². The van der Waals surface area contributed by atoms with Gasteiger partial charge in [-0.2, -0.15) is 0 Å². The van der Waals surface area contributed by atoms with Crippen LogP contribution in [-0.4, -0.2) is 44.2 Å². The average molecular weight is 329 g/mol. The van der Waals surface area contributed by atoms with Crippen LogP contribution in [0, 0.1) is 11.8 Å². The number of thioether (sulfide) groups is 1. The Kier molecular flexibility index (Phi) is 5.88. The Hall–Kier alpha value is -2.66. The number of aryl methyl sites for hydroxylation is 1. The second-order valence-electron chi connectivity index (χ2n) is 4.59. The summed E-state index contributed by atoms with van der Waals surface area (Å²) in [5.74, 6) is 5.90. The first-order valence-electron chi connectivity index (χ1n) is 6.78. The van der Waals surface area contributed by atoms with Gasteiger partial charge in [-0.15, -0.1) is 5.10 Å². The summed E-state index contributed by atoms with van der Waals surface area (Å²) in [7, 11) is 1.71. The Labute approximate surface area is 137 Å². The van der Waals surface area contributed by atoms with Gasteiger partial charge >= 0.3 is 0 Å². The van der Waals surface area contributed by atoms with Crippen LogP contribution in [-0.2, 0) is 11.8 Å². The van der Waals surface area contributed by atoms with E-state index < -0.39 is 0 Å². The molecule has 2 aromatic rings. The van der Waals surface area contributed by atoms with Crippen LogP contribution in [0.15, 0.2) is 29.4 Å². The zero-order valence-electron chi connectivity index (χ0n) is 12.7. The molecule has 0 fully saturated rings. The van der Waals surface area contributed by atoms with Crippen LogP contribution in [0.2, 0.25) is 0 Å². The third-order valence-electron chi connectivity index (χ3n) is 2.81. The molecule has 1 aromatic carbocycles. The Bertz CT molecular complexity index is 758. The van der Waals surface area contributed by atoms with Crippen molar-refractivity contribution in [1.82, 2.24) is 25.5 Å². The van der Waals surface area contributed by atoms with Gasteiger partial charge < -0.3 is 5.32 Å². The van der Waals surface area contributed by atoms with Gasteiger partial charge in [0, 0.05) is 18.2 Å². The standard InChI is InChI=1S/C15H15N5O2S/c1-11(21)13-7-5-12(6-8-13)4-3-9-16-14(22)10-23-15-17-18-19-20(15)2/h5-8H,9-10H2,1-2H3,(H,16,22). The van der Waals surface area contributed by atoms with Crippen LogP contribution < -0.4 is 5.32 Å².